The second-order valence-corrected chi connectivity index (χ2v) is 6.46. The summed E-state index contributed by atoms with van der Waals surface area (Å²) in [5.74, 6) is -0.705. The fourth-order valence-corrected chi connectivity index (χ4v) is 3.12. The Kier molecular flexibility index (Phi) is 5.69. The summed E-state index contributed by atoms with van der Waals surface area (Å²) in [7, 11) is 0. The number of halogens is 2. The molecule has 0 saturated carbocycles. The molecular formula is C20H13Cl2N3O3. The highest BCUT2D eigenvalue weighted by molar-refractivity contribution is 6.35. The lowest BCUT2D eigenvalue weighted by atomic mass is 10.1. The third-order valence-electron chi connectivity index (χ3n) is 3.83. The number of aromatic carboxylic acids is 1. The van der Waals surface area contributed by atoms with E-state index in [4.69, 9.17) is 27.9 Å². The molecule has 1 N–H and O–H groups in total. The smallest absolute Gasteiger partial charge is 0.357 e. The molecule has 0 fully saturated rings. The quantitative estimate of drug-likeness (QED) is 0.575. The van der Waals surface area contributed by atoms with Gasteiger partial charge in [0.2, 0.25) is 0 Å². The Morgan fingerprint density at radius 2 is 2.00 bits per heavy atom. The van der Waals surface area contributed by atoms with Gasteiger partial charge in [-0.15, -0.1) is 0 Å². The summed E-state index contributed by atoms with van der Waals surface area (Å²) >= 11 is 12.2. The van der Waals surface area contributed by atoms with E-state index in [1.54, 1.807) is 42.5 Å². The Morgan fingerprint density at radius 1 is 1.29 bits per heavy atom. The van der Waals surface area contributed by atoms with E-state index < -0.39 is 5.97 Å². The molecule has 1 heterocycles. The van der Waals surface area contributed by atoms with Crippen molar-refractivity contribution < 1.29 is 14.6 Å². The third kappa shape index (κ3) is 3.72. The van der Waals surface area contributed by atoms with Crippen molar-refractivity contribution in [1.82, 2.24) is 9.78 Å². The predicted molar refractivity (Wildman–Crippen MR) is 106 cm³/mol. The molecule has 0 radical (unpaired) electrons. The monoisotopic (exact) mass is 413 g/mol. The minimum atomic E-state index is -1.31. The van der Waals surface area contributed by atoms with Crippen LogP contribution in [0.2, 0.25) is 10.0 Å². The molecule has 6 nitrogen and oxygen atoms in total. The summed E-state index contributed by atoms with van der Waals surface area (Å²) in [4.78, 5) is 11.6. The Bertz CT molecular complexity index is 1100. The van der Waals surface area contributed by atoms with Crippen LogP contribution in [0.4, 0.5) is 0 Å². The van der Waals surface area contributed by atoms with Crippen LogP contribution in [0.15, 0.2) is 55.1 Å². The molecule has 3 rings (SSSR count). The Hall–Kier alpha value is -3.27. The van der Waals surface area contributed by atoms with Crippen LogP contribution in [0.25, 0.3) is 16.9 Å². The van der Waals surface area contributed by atoms with E-state index in [1.165, 1.54) is 10.7 Å². The molecule has 0 aliphatic carbocycles. The van der Waals surface area contributed by atoms with Crippen LogP contribution in [0.1, 0.15) is 16.1 Å². The maximum absolute atomic E-state index is 11.6. The number of rotatable bonds is 6. The maximum Gasteiger partial charge on any atom is 0.357 e. The van der Waals surface area contributed by atoms with Crippen molar-refractivity contribution in [3.63, 3.8) is 0 Å². The van der Waals surface area contributed by atoms with E-state index >= 15 is 0 Å². The van der Waals surface area contributed by atoms with Crippen molar-refractivity contribution in [1.29, 1.82) is 5.26 Å². The first-order valence-corrected chi connectivity index (χ1v) is 8.77. The molecule has 8 heteroatoms. The maximum atomic E-state index is 11.6. The van der Waals surface area contributed by atoms with Gasteiger partial charge < -0.3 is 9.84 Å². The van der Waals surface area contributed by atoms with Gasteiger partial charge in [0.1, 0.15) is 24.0 Å². The summed E-state index contributed by atoms with van der Waals surface area (Å²) in [5.41, 5.74) is 0.846. The van der Waals surface area contributed by atoms with Gasteiger partial charge >= 0.3 is 5.97 Å². The molecule has 3 aromatic rings. The number of aromatic nitrogens is 2. The SMILES string of the molecule is C=CCOc1ccc(-c2c(C#N)c(C(=O)O)nn2-c2ccc(Cl)cc2Cl)cc1. The van der Waals surface area contributed by atoms with Gasteiger partial charge in [-0.25, -0.2) is 9.48 Å². The van der Waals surface area contributed by atoms with Gasteiger partial charge in [-0.3, -0.25) is 0 Å². The van der Waals surface area contributed by atoms with Crippen LogP contribution < -0.4 is 4.74 Å². The lowest BCUT2D eigenvalue weighted by molar-refractivity contribution is 0.0689. The zero-order valence-corrected chi connectivity index (χ0v) is 15.9. The van der Waals surface area contributed by atoms with Crippen molar-refractivity contribution in [3.05, 3.63) is 76.4 Å². The minimum Gasteiger partial charge on any atom is -0.490 e. The van der Waals surface area contributed by atoms with Crippen molar-refractivity contribution >= 4 is 29.2 Å². The van der Waals surface area contributed by atoms with E-state index in [-0.39, 0.29) is 16.3 Å². The van der Waals surface area contributed by atoms with E-state index in [1.807, 2.05) is 6.07 Å². The molecule has 0 amide bonds. The number of carboxylic acid groups (broad SMARTS) is 1. The zero-order chi connectivity index (χ0) is 20.3. The molecule has 0 aliphatic rings. The third-order valence-corrected chi connectivity index (χ3v) is 4.37. The average Bonchev–Trinajstić information content (AvgIpc) is 3.06. The molecule has 140 valence electrons. The Morgan fingerprint density at radius 3 is 2.57 bits per heavy atom. The van der Waals surface area contributed by atoms with Gasteiger partial charge in [0, 0.05) is 10.6 Å². The molecule has 0 atom stereocenters. The molecule has 2 aromatic carbocycles. The van der Waals surface area contributed by atoms with Gasteiger partial charge in [0.15, 0.2) is 5.69 Å². The first-order valence-electron chi connectivity index (χ1n) is 8.02. The summed E-state index contributed by atoms with van der Waals surface area (Å²) in [5, 5.41) is 23.9. The fourth-order valence-electron chi connectivity index (χ4n) is 2.63. The topological polar surface area (TPSA) is 88.1 Å². The molecular weight excluding hydrogens is 401 g/mol. The predicted octanol–water partition coefficient (Wildman–Crippen LogP) is 4.98. The van der Waals surface area contributed by atoms with Crippen molar-refractivity contribution in [2.24, 2.45) is 0 Å². The number of ether oxygens (including phenoxy) is 1. The Balaban J connectivity index is 2.22. The van der Waals surface area contributed by atoms with Crippen molar-refractivity contribution in [2.75, 3.05) is 6.61 Å². The highest BCUT2D eigenvalue weighted by atomic mass is 35.5. The average molecular weight is 414 g/mol. The first kappa shape index (κ1) is 19.5. The standard InChI is InChI=1S/C20H13Cl2N3O3/c1-2-9-28-14-6-3-12(4-7-14)19-15(11-23)18(20(26)27)24-25(19)17-8-5-13(21)10-16(17)22/h2-8,10H,1,9H2,(H,26,27). The van der Waals surface area contributed by atoms with Crippen LogP contribution in [-0.4, -0.2) is 27.5 Å². The highest BCUT2D eigenvalue weighted by Gasteiger charge is 2.25. The summed E-state index contributed by atoms with van der Waals surface area (Å²) < 4.78 is 6.79. The normalized spacial score (nSPS) is 10.3. The van der Waals surface area contributed by atoms with E-state index in [0.717, 1.165) is 0 Å². The van der Waals surface area contributed by atoms with Crippen LogP contribution in [0.5, 0.6) is 5.75 Å². The molecule has 0 aliphatic heterocycles. The van der Waals surface area contributed by atoms with Crippen LogP contribution in [0, 0.1) is 11.3 Å². The van der Waals surface area contributed by atoms with Crippen LogP contribution >= 0.6 is 23.2 Å². The number of benzene rings is 2. The number of nitrogens with zero attached hydrogens (tertiary/aromatic N) is 3. The summed E-state index contributed by atoms with van der Waals surface area (Å²) in [6.07, 6.45) is 1.62. The first-order chi connectivity index (χ1) is 13.5. The number of hydrogen-bond donors (Lipinski definition) is 1. The lowest BCUT2D eigenvalue weighted by Crippen LogP contribution is -2.03. The molecule has 1 aromatic heterocycles. The molecule has 0 bridgehead atoms. The summed E-state index contributed by atoms with van der Waals surface area (Å²) in [6.45, 7) is 3.94. The van der Waals surface area contributed by atoms with Crippen molar-refractivity contribution in [3.8, 4) is 28.8 Å². The molecule has 0 spiro atoms. The second kappa shape index (κ2) is 8.17. The number of carbonyl (C=O) groups is 1. The van der Waals surface area contributed by atoms with E-state index in [2.05, 4.69) is 11.7 Å². The number of carboxylic acids is 1. The Labute approximate surface area is 170 Å². The van der Waals surface area contributed by atoms with Gasteiger partial charge in [-0.05, 0) is 42.5 Å². The minimum absolute atomic E-state index is 0.0710. The fraction of sp³-hybridized carbons (Fsp3) is 0.0500. The summed E-state index contributed by atoms with van der Waals surface area (Å²) in [6, 6.07) is 13.5. The zero-order valence-electron chi connectivity index (χ0n) is 14.4. The van der Waals surface area contributed by atoms with Crippen LogP contribution in [-0.2, 0) is 0 Å². The lowest BCUT2D eigenvalue weighted by Gasteiger charge is -2.11. The molecule has 0 saturated heterocycles. The van der Waals surface area contributed by atoms with Gasteiger partial charge in [0.05, 0.1) is 16.4 Å². The number of nitriles is 1. The van der Waals surface area contributed by atoms with Gasteiger partial charge in [0.25, 0.3) is 0 Å². The second-order valence-electron chi connectivity index (χ2n) is 5.62. The highest BCUT2D eigenvalue weighted by Crippen LogP contribution is 2.33. The van der Waals surface area contributed by atoms with Gasteiger partial charge in [-0.1, -0.05) is 35.9 Å². The molecule has 0 unspecified atom stereocenters. The van der Waals surface area contributed by atoms with Crippen molar-refractivity contribution in [2.45, 2.75) is 0 Å². The van der Waals surface area contributed by atoms with Crippen LogP contribution in [0.3, 0.4) is 0 Å². The van der Waals surface area contributed by atoms with Gasteiger partial charge in [-0.2, -0.15) is 10.4 Å². The van der Waals surface area contributed by atoms with E-state index in [9.17, 15) is 15.2 Å². The van der Waals surface area contributed by atoms with E-state index in [0.29, 0.717) is 34.3 Å². The largest absolute Gasteiger partial charge is 0.490 e. The number of hydrogen-bond acceptors (Lipinski definition) is 4. The molecule has 28 heavy (non-hydrogen) atoms.